The molecule has 0 N–H and O–H groups in total. The number of hydrogen-bond acceptors (Lipinski definition) is 3. The summed E-state index contributed by atoms with van der Waals surface area (Å²) in [6.07, 6.45) is 2.73. The molecule has 0 saturated heterocycles. The first kappa shape index (κ1) is 13.9. The molecule has 2 aliphatic carbocycles. The Bertz CT molecular complexity index is 1010. The first-order valence-corrected chi connectivity index (χ1v) is 8.46. The highest BCUT2D eigenvalue weighted by Crippen LogP contribution is 2.70. The Kier molecular flexibility index (Phi) is 2.50. The van der Waals surface area contributed by atoms with Crippen LogP contribution >= 0.6 is 0 Å². The second-order valence-electron chi connectivity index (χ2n) is 7.68. The predicted molar refractivity (Wildman–Crippen MR) is 92.2 cm³/mol. The van der Waals surface area contributed by atoms with Crippen LogP contribution in [-0.4, -0.2) is 20.7 Å². The molecule has 5 rings (SSSR count). The van der Waals surface area contributed by atoms with E-state index in [0.29, 0.717) is 22.8 Å². The Morgan fingerprint density at radius 3 is 2.96 bits per heavy atom. The van der Waals surface area contributed by atoms with Gasteiger partial charge in [-0.25, -0.2) is 4.68 Å². The minimum atomic E-state index is -0.0378. The van der Waals surface area contributed by atoms with Crippen LogP contribution in [0.5, 0.6) is 0 Å². The van der Waals surface area contributed by atoms with Crippen LogP contribution < -0.4 is 0 Å². The molecule has 120 valence electrons. The minimum Gasteiger partial charge on any atom is -0.267 e. The molecule has 1 saturated carbocycles. The number of aromatic nitrogens is 3. The van der Waals surface area contributed by atoms with Crippen molar-refractivity contribution in [2.75, 3.05) is 0 Å². The quantitative estimate of drug-likeness (QED) is 0.687. The summed E-state index contributed by atoms with van der Waals surface area (Å²) in [5.41, 5.74) is 5.39. The molecule has 3 aromatic rings. The van der Waals surface area contributed by atoms with E-state index in [-0.39, 0.29) is 5.91 Å². The highest BCUT2D eigenvalue weighted by molar-refractivity contribution is 5.99. The van der Waals surface area contributed by atoms with Gasteiger partial charge in [-0.3, -0.25) is 9.78 Å². The first-order valence-electron chi connectivity index (χ1n) is 8.46. The maximum atomic E-state index is 13.0. The van der Waals surface area contributed by atoms with E-state index in [9.17, 15) is 4.79 Å². The Balaban J connectivity index is 1.59. The summed E-state index contributed by atoms with van der Waals surface area (Å²) in [7, 11) is 0. The predicted octanol–water partition coefficient (Wildman–Crippen LogP) is 3.72. The molecule has 0 unspecified atom stereocenters. The van der Waals surface area contributed by atoms with Crippen molar-refractivity contribution in [2.45, 2.75) is 33.1 Å². The molecule has 2 aromatic heterocycles. The molecule has 2 heterocycles. The number of carbonyl (C=O) groups excluding carboxylic acids is 1. The Morgan fingerprint density at radius 1 is 1.29 bits per heavy atom. The van der Waals surface area contributed by atoms with Crippen LogP contribution in [0.3, 0.4) is 0 Å². The smallest absolute Gasteiger partial charge is 0.267 e. The molecule has 24 heavy (non-hydrogen) atoms. The van der Waals surface area contributed by atoms with E-state index in [2.05, 4.69) is 23.9 Å². The molecule has 4 nitrogen and oxygen atoms in total. The second-order valence-corrected chi connectivity index (χ2v) is 7.68. The van der Waals surface area contributed by atoms with Crippen LogP contribution in [0, 0.1) is 18.3 Å². The van der Waals surface area contributed by atoms with Gasteiger partial charge in [-0.05, 0) is 54.9 Å². The van der Waals surface area contributed by atoms with Crippen molar-refractivity contribution in [3.05, 3.63) is 59.0 Å². The normalized spacial score (nSPS) is 23.1. The zero-order valence-electron chi connectivity index (χ0n) is 14.1. The Morgan fingerprint density at radius 2 is 2.12 bits per heavy atom. The van der Waals surface area contributed by atoms with Gasteiger partial charge in [0.1, 0.15) is 0 Å². The zero-order chi connectivity index (χ0) is 16.6. The molecule has 1 aromatic carbocycles. The average molecular weight is 317 g/mol. The van der Waals surface area contributed by atoms with Crippen LogP contribution in [0.25, 0.3) is 10.9 Å². The molecule has 0 spiro atoms. The van der Waals surface area contributed by atoms with Gasteiger partial charge in [0, 0.05) is 22.7 Å². The van der Waals surface area contributed by atoms with Crippen molar-refractivity contribution < 1.29 is 4.79 Å². The van der Waals surface area contributed by atoms with Crippen LogP contribution in [0.1, 0.15) is 47.1 Å². The van der Waals surface area contributed by atoms with E-state index in [1.165, 1.54) is 5.56 Å². The van der Waals surface area contributed by atoms with E-state index < -0.39 is 0 Å². The molecule has 0 radical (unpaired) electrons. The van der Waals surface area contributed by atoms with Gasteiger partial charge in [0.2, 0.25) is 0 Å². The number of carbonyl (C=O) groups is 1. The molecule has 0 amide bonds. The van der Waals surface area contributed by atoms with Crippen molar-refractivity contribution in [1.29, 1.82) is 0 Å². The fourth-order valence-corrected chi connectivity index (χ4v) is 4.59. The molecule has 2 aliphatic rings. The SMILES string of the molecule is Cc1nn(C(=O)c2ccc3ncccc3c2)c2c1[C@H]1[C@@H](C2)C1(C)C. The van der Waals surface area contributed by atoms with Crippen LogP contribution in [0.15, 0.2) is 36.5 Å². The third kappa shape index (κ3) is 1.66. The van der Waals surface area contributed by atoms with E-state index in [0.717, 1.165) is 28.7 Å². The summed E-state index contributed by atoms with van der Waals surface area (Å²) >= 11 is 0. The third-order valence-corrected chi connectivity index (χ3v) is 6.02. The van der Waals surface area contributed by atoms with E-state index in [1.807, 2.05) is 37.3 Å². The number of nitrogens with zero attached hydrogens (tertiary/aromatic N) is 3. The summed E-state index contributed by atoms with van der Waals surface area (Å²) in [5, 5.41) is 5.56. The molecular formula is C20H19N3O. The number of fused-ring (bicyclic) bond motifs is 4. The molecule has 4 heteroatoms. The highest BCUT2D eigenvalue weighted by Gasteiger charge is 2.64. The number of rotatable bonds is 1. The van der Waals surface area contributed by atoms with E-state index in [4.69, 9.17) is 0 Å². The van der Waals surface area contributed by atoms with Crippen LogP contribution in [-0.2, 0) is 6.42 Å². The van der Waals surface area contributed by atoms with Gasteiger partial charge in [0.25, 0.3) is 5.91 Å². The fourth-order valence-electron chi connectivity index (χ4n) is 4.59. The summed E-state index contributed by atoms with van der Waals surface area (Å²) in [6.45, 7) is 6.67. The zero-order valence-corrected chi connectivity index (χ0v) is 14.1. The standard InChI is InChI=1S/C20H19N3O/c1-11-17-16(10-14-18(17)20(14,2)3)23(22-11)19(24)13-6-7-15-12(9-13)5-4-8-21-15/h4-9,14,18H,10H2,1-3H3/t14-,18-/m1/s1. The fraction of sp³-hybridized carbons (Fsp3) is 0.350. The van der Waals surface area contributed by atoms with Crippen molar-refractivity contribution >= 4 is 16.8 Å². The minimum absolute atomic E-state index is 0.0378. The summed E-state index contributed by atoms with van der Waals surface area (Å²) < 4.78 is 1.64. The van der Waals surface area contributed by atoms with E-state index in [1.54, 1.807) is 10.9 Å². The van der Waals surface area contributed by atoms with Crippen molar-refractivity contribution in [2.24, 2.45) is 11.3 Å². The summed E-state index contributed by atoms with van der Waals surface area (Å²) in [6, 6.07) is 9.53. The number of hydrogen-bond donors (Lipinski definition) is 0. The molecule has 1 fully saturated rings. The third-order valence-electron chi connectivity index (χ3n) is 6.02. The second kappa shape index (κ2) is 4.32. The van der Waals surface area contributed by atoms with Crippen LogP contribution in [0.4, 0.5) is 0 Å². The lowest BCUT2D eigenvalue weighted by atomic mass is 9.98. The van der Waals surface area contributed by atoms with Crippen LogP contribution in [0.2, 0.25) is 0 Å². The van der Waals surface area contributed by atoms with Gasteiger partial charge >= 0.3 is 0 Å². The Hall–Kier alpha value is -2.49. The topological polar surface area (TPSA) is 47.8 Å². The molecular weight excluding hydrogens is 298 g/mol. The van der Waals surface area contributed by atoms with E-state index >= 15 is 0 Å². The van der Waals surface area contributed by atoms with Gasteiger partial charge in [0.05, 0.1) is 16.9 Å². The van der Waals surface area contributed by atoms with Crippen molar-refractivity contribution in [3.63, 3.8) is 0 Å². The van der Waals surface area contributed by atoms with Gasteiger partial charge in [-0.2, -0.15) is 5.10 Å². The lowest BCUT2D eigenvalue weighted by Crippen LogP contribution is -2.17. The number of benzene rings is 1. The molecule has 2 atom stereocenters. The van der Waals surface area contributed by atoms with Gasteiger partial charge < -0.3 is 0 Å². The van der Waals surface area contributed by atoms with Gasteiger partial charge in [-0.15, -0.1) is 0 Å². The first-order chi connectivity index (χ1) is 11.5. The van der Waals surface area contributed by atoms with Gasteiger partial charge in [0.15, 0.2) is 0 Å². The number of pyridine rings is 1. The largest absolute Gasteiger partial charge is 0.278 e. The molecule has 0 bridgehead atoms. The van der Waals surface area contributed by atoms with Crippen molar-refractivity contribution in [3.8, 4) is 0 Å². The lowest BCUT2D eigenvalue weighted by Gasteiger charge is -2.10. The molecule has 0 aliphatic heterocycles. The highest BCUT2D eigenvalue weighted by atomic mass is 16.2. The Labute approximate surface area is 140 Å². The summed E-state index contributed by atoms with van der Waals surface area (Å²) in [5.74, 6) is 1.21. The maximum Gasteiger partial charge on any atom is 0.278 e. The van der Waals surface area contributed by atoms with Crippen molar-refractivity contribution in [1.82, 2.24) is 14.8 Å². The average Bonchev–Trinajstić information content (AvgIpc) is 2.93. The number of aryl methyl sites for hydroxylation is 1. The summed E-state index contributed by atoms with van der Waals surface area (Å²) in [4.78, 5) is 17.3. The monoisotopic (exact) mass is 317 g/mol. The van der Waals surface area contributed by atoms with Gasteiger partial charge in [-0.1, -0.05) is 19.9 Å². The maximum absolute atomic E-state index is 13.0. The lowest BCUT2D eigenvalue weighted by molar-refractivity contribution is 0.0941.